The van der Waals surface area contributed by atoms with Crippen LogP contribution in [0.2, 0.25) is 0 Å². The van der Waals surface area contributed by atoms with Gasteiger partial charge in [0.15, 0.2) is 0 Å². The van der Waals surface area contributed by atoms with Crippen LogP contribution >= 0.6 is 0 Å². The van der Waals surface area contributed by atoms with Gasteiger partial charge < -0.3 is 10.3 Å². The topological polar surface area (TPSA) is 43.8 Å². The molecule has 0 aromatic carbocycles. The van der Waals surface area contributed by atoms with Crippen LogP contribution in [0.1, 0.15) is 38.5 Å². The highest BCUT2D eigenvalue weighted by molar-refractivity contribution is 5.05. The molecule has 2 atom stereocenters. The van der Waals surface area contributed by atoms with E-state index in [9.17, 15) is 8.78 Å². The van der Waals surface area contributed by atoms with Gasteiger partial charge in [-0.05, 0) is 13.8 Å². The summed E-state index contributed by atoms with van der Waals surface area (Å²) in [5.41, 5.74) is 6.26. The van der Waals surface area contributed by atoms with Crippen molar-refractivity contribution in [2.24, 2.45) is 5.73 Å². The van der Waals surface area contributed by atoms with Crippen molar-refractivity contribution in [2.45, 2.75) is 38.8 Å². The standard InChI is InChI=1S/C9H15F2N3/c1-6(12)8-4-13-5-14(8)7(2)9(3,10)11/h4-7H,12H2,1-3H3/t6-,7?/m1/s1. The van der Waals surface area contributed by atoms with E-state index in [1.54, 1.807) is 6.92 Å². The molecular formula is C9H15F2N3. The zero-order chi connectivity index (χ0) is 10.9. The fourth-order valence-corrected chi connectivity index (χ4v) is 1.24. The Morgan fingerprint density at radius 3 is 2.50 bits per heavy atom. The second-order valence-corrected chi connectivity index (χ2v) is 3.65. The van der Waals surface area contributed by atoms with Crippen molar-refractivity contribution in [3.8, 4) is 0 Å². The second-order valence-electron chi connectivity index (χ2n) is 3.65. The number of hydrogen-bond donors (Lipinski definition) is 1. The maximum atomic E-state index is 13.0. The van der Waals surface area contributed by atoms with Crippen molar-refractivity contribution < 1.29 is 8.78 Å². The average Bonchev–Trinajstić information content (AvgIpc) is 2.48. The van der Waals surface area contributed by atoms with Crippen LogP contribution in [0.15, 0.2) is 12.5 Å². The summed E-state index contributed by atoms with van der Waals surface area (Å²) in [7, 11) is 0. The molecule has 3 nitrogen and oxygen atoms in total. The minimum atomic E-state index is -2.77. The van der Waals surface area contributed by atoms with E-state index in [0.717, 1.165) is 6.92 Å². The number of nitrogens with zero attached hydrogens (tertiary/aromatic N) is 2. The van der Waals surface area contributed by atoms with Crippen molar-refractivity contribution in [1.82, 2.24) is 9.55 Å². The van der Waals surface area contributed by atoms with Gasteiger partial charge in [-0.15, -0.1) is 0 Å². The molecule has 0 fully saturated rings. The maximum absolute atomic E-state index is 13.0. The Morgan fingerprint density at radius 2 is 2.07 bits per heavy atom. The lowest BCUT2D eigenvalue weighted by atomic mass is 10.1. The normalized spacial score (nSPS) is 16.7. The molecular weight excluding hydrogens is 188 g/mol. The summed E-state index contributed by atoms with van der Waals surface area (Å²) in [5.74, 6) is -2.77. The van der Waals surface area contributed by atoms with Gasteiger partial charge in [-0.2, -0.15) is 0 Å². The van der Waals surface area contributed by atoms with E-state index in [1.807, 2.05) is 0 Å². The third kappa shape index (κ3) is 2.09. The van der Waals surface area contributed by atoms with Crippen LogP contribution in [0, 0.1) is 0 Å². The fraction of sp³-hybridized carbons (Fsp3) is 0.667. The van der Waals surface area contributed by atoms with E-state index in [-0.39, 0.29) is 6.04 Å². The van der Waals surface area contributed by atoms with Gasteiger partial charge in [0.25, 0.3) is 5.92 Å². The van der Waals surface area contributed by atoms with Gasteiger partial charge in [0.2, 0.25) is 0 Å². The molecule has 0 radical (unpaired) electrons. The Morgan fingerprint density at radius 1 is 1.50 bits per heavy atom. The minimum absolute atomic E-state index is 0.290. The van der Waals surface area contributed by atoms with Crippen molar-refractivity contribution in [1.29, 1.82) is 0 Å². The molecule has 0 aliphatic heterocycles. The first-order valence-electron chi connectivity index (χ1n) is 4.49. The molecule has 0 amide bonds. The minimum Gasteiger partial charge on any atom is -0.324 e. The molecule has 0 aliphatic carbocycles. The Labute approximate surface area is 81.9 Å². The summed E-state index contributed by atoms with van der Waals surface area (Å²) in [6.45, 7) is 4.09. The number of alkyl halides is 2. The first kappa shape index (κ1) is 11.1. The predicted octanol–water partition coefficient (Wildman–Crippen LogP) is 2.12. The smallest absolute Gasteiger partial charge is 0.265 e. The van der Waals surface area contributed by atoms with Gasteiger partial charge in [0.05, 0.1) is 18.1 Å². The average molecular weight is 203 g/mol. The van der Waals surface area contributed by atoms with Gasteiger partial charge in [-0.1, -0.05) is 0 Å². The molecule has 0 saturated carbocycles. The molecule has 80 valence electrons. The van der Waals surface area contributed by atoms with Crippen molar-refractivity contribution in [3.05, 3.63) is 18.2 Å². The predicted molar refractivity (Wildman–Crippen MR) is 50.2 cm³/mol. The lowest BCUT2D eigenvalue weighted by molar-refractivity contribution is -0.0269. The summed E-state index contributed by atoms with van der Waals surface area (Å²) >= 11 is 0. The Balaban J connectivity index is 3.01. The maximum Gasteiger partial charge on any atom is 0.265 e. The molecule has 0 saturated heterocycles. The van der Waals surface area contributed by atoms with Crippen LogP contribution in [0.25, 0.3) is 0 Å². The van der Waals surface area contributed by atoms with Crippen LogP contribution in [0.3, 0.4) is 0 Å². The molecule has 1 aromatic rings. The van der Waals surface area contributed by atoms with Gasteiger partial charge >= 0.3 is 0 Å². The van der Waals surface area contributed by atoms with Crippen LogP contribution in [0.5, 0.6) is 0 Å². The summed E-state index contributed by atoms with van der Waals surface area (Å²) in [6, 6.07) is -1.21. The zero-order valence-corrected chi connectivity index (χ0v) is 8.54. The second kappa shape index (κ2) is 3.65. The van der Waals surface area contributed by atoms with E-state index in [4.69, 9.17) is 5.73 Å². The van der Waals surface area contributed by atoms with E-state index >= 15 is 0 Å². The summed E-state index contributed by atoms with van der Waals surface area (Å²) in [4.78, 5) is 3.83. The highest BCUT2D eigenvalue weighted by Crippen LogP contribution is 2.29. The fourth-order valence-electron chi connectivity index (χ4n) is 1.24. The van der Waals surface area contributed by atoms with Gasteiger partial charge in [0.1, 0.15) is 0 Å². The lowest BCUT2D eigenvalue weighted by Crippen LogP contribution is -2.27. The largest absolute Gasteiger partial charge is 0.324 e. The molecule has 1 rings (SSSR count). The number of halogens is 2. The quantitative estimate of drug-likeness (QED) is 0.817. The Kier molecular flexibility index (Phi) is 2.89. The molecule has 5 heteroatoms. The van der Waals surface area contributed by atoms with Crippen LogP contribution < -0.4 is 5.73 Å². The number of rotatable bonds is 3. The molecule has 14 heavy (non-hydrogen) atoms. The summed E-state index contributed by atoms with van der Waals surface area (Å²) < 4.78 is 27.5. The van der Waals surface area contributed by atoms with Crippen LogP contribution in [-0.2, 0) is 0 Å². The van der Waals surface area contributed by atoms with E-state index in [2.05, 4.69) is 4.98 Å². The first-order chi connectivity index (χ1) is 6.34. The Bertz CT molecular complexity index is 301. The molecule has 1 aromatic heterocycles. The summed E-state index contributed by atoms with van der Waals surface area (Å²) in [6.07, 6.45) is 2.91. The highest BCUT2D eigenvalue weighted by Gasteiger charge is 2.32. The molecule has 1 unspecified atom stereocenters. The molecule has 0 spiro atoms. The third-order valence-corrected chi connectivity index (χ3v) is 2.31. The van der Waals surface area contributed by atoms with Crippen LogP contribution in [0.4, 0.5) is 8.78 Å². The number of hydrogen-bond acceptors (Lipinski definition) is 2. The monoisotopic (exact) mass is 203 g/mol. The number of imidazole rings is 1. The van der Waals surface area contributed by atoms with Gasteiger partial charge in [-0.25, -0.2) is 13.8 Å². The van der Waals surface area contributed by atoms with E-state index in [0.29, 0.717) is 5.69 Å². The SMILES string of the molecule is CC(n1cncc1[C@@H](C)N)C(C)(F)F. The highest BCUT2D eigenvalue weighted by atomic mass is 19.3. The molecule has 0 aliphatic rings. The van der Waals surface area contributed by atoms with Crippen molar-refractivity contribution >= 4 is 0 Å². The first-order valence-corrected chi connectivity index (χ1v) is 4.49. The Hall–Kier alpha value is -0.970. The third-order valence-electron chi connectivity index (χ3n) is 2.31. The van der Waals surface area contributed by atoms with Crippen LogP contribution in [-0.4, -0.2) is 15.5 Å². The lowest BCUT2D eigenvalue weighted by Gasteiger charge is -2.23. The van der Waals surface area contributed by atoms with Gasteiger partial charge in [0, 0.05) is 19.2 Å². The summed E-state index contributed by atoms with van der Waals surface area (Å²) in [5, 5.41) is 0. The molecule has 2 N–H and O–H groups in total. The molecule has 1 heterocycles. The molecule has 0 bridgehead atoms. The van der Waals surface area contributed by atoms with E-state index in [1.165, 1.54) is 24.0 Å². The number of nitrogens with two attached hydrogens (primary N) is 1. The van der Waals surface area contributed by atoms with Crippen molar-refractivity contribution in [2.75, 3.05) is 0 Å². The van der Waals surface area contributed by atoms with Gasteiger partial charge in [-0.3, -0.25) is 0 Å². The number of aromatic nitrogens is 2. The zero-order valence-electron chi connectivity index (χ0n) is 8.54. The van der Waals surface area contributed by atoms with E-state index < -0.39 is 12.0 Å². The van der Waals surface area contributed by atoms with Crippen molar-refractivity contribution in [3.63, 3.8) is 0 Å².